The molecule has 4 rings (SSSR count). The number of halogens is 2. The molecule has 0 spiro atoms. The molecular formula is C20H10BrIN2O4S2. The maximum atomic E-state index is 12.9. The summed E-state index contributed by atoms with van der Waals surface area (Å²) in [4.78, 5) is 25.3. The molecule has 2 aromatic carbocycles. The summed E-state index contributed by atoms with van der Waals surface area (Å²) >= 11 is 12.1. The van der Waals surface area contributed by atoms with Crippen LogP contribution < -0.4 is 4.90 Å². The van der Waals surface area contributed by atoms with Gasteiger partial charge in [-0.1, -0.05) is 24.0 Å². The summed E-state index contributed by atoms with van der Waals surface area (Å²) < 4.78 is 7.92. The van der Waals surface area contributed by atoms with Crippen molar-refractivity contribution in [1.29, 1.82) is 0 Å². The Labute approximate surface area is 202 Å². The SMILES string of the molecule is O=C1/C(=C/c2ccc(-c3ccc([N+](=O)[O-])cc3Br)o2)SC(=S)N1c1ccc(I)cc1. The summed E-state index contributed by atoms with van der Waals surface area (Å²) in [6.45, 7) is 0. The Kier molecular flexibility index (Phi) is 6.09. The van der Waals surface area contributed by atoms with Crippen LogP contribution in [0.4, 0.5) is 11.4 Å². The van der Waals surface area contributed by atoms with Gasteiger partial charge < -0.3 is 4.42 Å². The van der Waals surface area contributed by atoms with Gasteiger partial charge in [-0.2, -0.15) is 0 Å². The minimum atomic E-state index is -0.461. The lowest BCUT2D eigenvalue weighted by Crippen LogP contribution is -2.27. The Bertz CT molecular complexity index is 1220. The van der Waals surface area contributed by atoms with Crippen LogP contribution in [0, 0.1) is 13.7 Å². The van der Waals surface area contributed by atoms with Gasteiger partial charge in [0.25, 0.3) is 11.6 Å². The molecule has 1 aliphatic heterocycles. The van der Waals surface area contributed by atoms with E-state index in [1.807, 2.05) is 24.3 Å². The van der Waals surface area contributed by atoms with Gasteiger partial charge >= 0.3 is 0 Å². The van der Waals surface area contributed by atoms with Gasteiger partial charge in [0.05, 0.1) is 15.5 Å². The van der Waals surface area contributed by atoms with Crippen LogP contribution in [0.5, 0.6) is 0 Å². The molecule has 0 aliphatic carbocycles. The van der Waals surface area contributed by atoms with Crippen molar-refractivity contribution in [3.8, 4) is 11.3 Å². The van der Waals surface area contributed by atoms with E-state index in [1.165, 1.54) is 28.8 Å². The number of carbonyl (C=O) groups excluding carboxylic acids is 1. The molecule has 0 atom stereocenters. The Hall–Kier alpha value is -2.02. The first-order chi connectivity index (χ1) is 14.3. The molecule has 0 bridgehead atoms. The number of nitro groups is 1. The predicted molar refractivity (Wildman–Crippen MR) is 133 cm³/mol. The van der Waals surface area contributed by atoms with Crippen molar-refractivity contribution in [3.63, 3.8) is 0 Å². The van der Waals surface area contributed by atoms with Crippen LogP contribution in [0.3, 0.4) is 0 Å². The number of nitro benzene ring substituents is 1. The summed E-state index contributed by atoms with van der Waals surface area (Å²) in [7, 11) is 0. The van der Waals surface area contributed by atoms with E-state index in [2.05, 4.69) is 38.5 Å². The van der Waals surface area contributed by atoms with Gasteiger partial charge in [0.2, 0.25) is 0 Å². The average Bonchev–Trinajstić information content (AvgIpc) is 3.27. The summed E-state index contributed by atoms with van der Waals surface area (Å²) in [6, 6.07) is 15.5. The number of amides is 1. The zero-order chi connectivity index (χ0) is 21.4. The number of anilines is 1. The Morgan fingerprint density at radius 1 is 1.17 bits per heavy atom. The first-order valence-corrected chi connectivity index (χ1v) is 11.5. The summed E-state index contributed by atoms with van der Waals surface area (Å²) in [5, 5.41) is 10.9. The highest BCUT2D eigenvalue weighted by Crippen LogP contribution is 2.37. The second kappa shape index (κ2) is 8.61. The minimum Gasteiger partial charge on any atom is -0.457 e. The fraction of sp³-hybridized carbons (Fsp3) is 0. The van der Waals surface area contributed by atoms with Crippen LogP contribution in [-0.4, -0.2) is 15.2 Å². The van der Waals surface area contributed by atoms with Crippen molar-refractivity contribution in [2.45, 2.75) is 0 Å². The molecule has 1 fully saturated rings. The Morgan fingerprint density at radius 3 is 2.57 bits per heavy atom. The molecule has 1 aromatic heterocycles. The zero-order valence-corrected chi connectivity index (χ0v) is 20.2. The molecule has 1 saturated heterocycles. The molecule has 6 nitrogen and oxygen atoms in total. The normalized spacial score (nSPS) is 15.3. The molecule has 150 valence electrons. The van der Waals surface area contributed by atoms with Crippen molar-refractivity contribution in [1.82, 2.24) is 0 Å². The molecule has 2 heterocycles. The number of rotatable bonds is 4. The number of thiocarbonyl (C=S) groups is 1. The van der Waals surface area contributed by atoms with Crippen molar-refractivity contribution < 1.29 is 14.1 Å². The topological polar surface area (TPSA) is 76.6 Å². The molecule has 1 amide bonds. The Balaban J connectivity index is 1.60. The van der Waals surface area contributed by atoms with E-state index in [4.69, 9.17) is 16.6 Å². The van der Waals surface area contributed by atoms with Crippen LogP contribution in [0.25, 0.3) is 17.4 Å². The molecular weight excluding hydrogens is 603 g/mol. The van der Waals surface area contributed by atoms with Gasteiger partial charge in [0.1, 0.15) is 11.5 Å². The zero-order valence-electron chi connectivity index (χ0n) is 14.9. The lowest BCUT2D eigenvalue weighted by atomic mass is 10.1. The second-order valence-corrected chi connectivity index (χ2v) is 9.89. The number of benzene rings is 2. The van der Waals surface area contributed by atoms with E-state index in [1.54, 1.807) is 24.3 Å². The summed E-state index contributed by atoms with van der Waals surface area (Å²) in [5.74, 6) is 0.801. The van der Waals surface area contributed by atoms with Gasteiger partial charge in [-0.05, 0) is 81.0 Å². The lowest BCUT2D eigenvalue weighted by molar-refractivity contribution is -0.384. The predicted octanol–water partition coefficient (Wildman–Crippen LogP) is 6.63. The van der Waals surface area contributed by atoms with E-state index in [-0.39, 0.29) is 11.6 Å². The maximum absolute atomic E-state index is 12.9. The van der Waals surface area contributed by atoms with Crippen LogP contribution >= 0.6 is 62.5 Å². The van der Waals surface area contributed by atoms with Gasteiger partial charge in [0, 0.05) is 31.8 Å². The number of thioether (sulfide) groups is 1. The van der Waals surface area contributed by atoms with Crippen LogP contribution in [-0.2, 0) is 4.79 Å². The highest BCUT2D eigenvalue weighted by Gasteiger charge is 2.33. The van der Waals surface area contributed by atoms with Gasteiger partial charge in [-0.25, -0.2) is 0 Å². The number of hydrogen-bond donors (Lipinski definition) is 0. The third kappa shape index (κ3) is 4.22. The van der Waals surface area contributed by atoms with Crippen LogP contribution in [0.1, 0.15) is 5.76 Å². The monoisotopic (exact) mass is 612 g/mol. The maximum Gasteiger partial charge on any atom is 0.270 e. The molecule has 0 radical (unpaired) electrons. The van der Waals surface area contributed by atoms with Crippen molar-refractivity contribution in [2.75, 3.05) is 4.90 Å². The number of furan rings is 1. The van der Waals surface area contributed by atoms with Gasteiger partial charge in [0.15, 0.2) is 4.32 Å². The van der Waals surface area contributed by atoms with Crippen molar-refractivity contribution >= 4 is 90.2 Å². The van der Waals surface area contributed by atoms with Crippen molar-refractivity contribution in [3.05, 3.63) is 83.4 Å². The van der Waals surface area contributed by atoms with E-state index in [0.29, 0.717) is 30.8 Å². The number of carbonyl (C=O) groups is 1. The third-order valence-corrected chi connectivity index (χ3v) is 6.89. The quantitative estimate of drug-likeness (QED) is 0.108. The molecule has 30 heavy (non-hydrogen) atoms. The van der Waals surface area contributed by atoms with Crippen LogP contribution in [0.15, 0.2) is 68.4 Å². The molecule has 10 heteroatoms. The van der Waals surface area contributed by atoms with E-state index in [9.17, 15) is 14.9 Å². The molecule has 3 aromatic rings. The van der Waals surface area contributed by atoms with Gasteiger partial charge in [-0.3, -0.25) is 19.8 Å². The smallest absolute Gasteiger partial charge is 0.270 e. The number of nitrogens with zero attached hydrogens (tertiary/aromatic N) is 2. The standard InChI is InChI=1S/C20H10BrIN2O4S2/c21-16-9-13(24(26)27)5-7-15(16)17-8-6-14(28-17)10-18-19(25)23(20(29)30-18)12-3-1-11(22)2-4-12/h1-10H/b18-10-. The Morgan fingerprint density at radius 2 is 1.90 bits per heavy atom. The lowest BCUT2D eigenvalue weighted by Gasteiger charge is -2.14. The third-order valence-electron chi connectivity index (χ3n) is 4.21. The molecule has 0 unspecified atom stereocenters. The van der Waals surface area contributed by atoms with Gasteiger partial charge in [-0.15, -0.1) is 0 Å². The van der Waals surface area contributed by atoms with Crippen molar-refractivity contribution in [2.24, 2.45) is 0 Å². The number of hydrogen-bond acceptors (Lipinski definition) is 6. The summed E-state index contributed by atoms with van der Waals surface area (Å²) in [5.41, 5.74) is 1.37. The largest absolute Gasteiger partial charge is 0.457 e. The number of non-ortho nitro benzene ring substituents is 1. The first-order valence-electron chi connectivity index (χ1n) is 8.41. The highest BCUT2D eigenvalue weighted by atomic mass is 127. The summed E-state index contributed by atoms with van der Waals surface area (Å²) in [6.07, 6.45) is 1.65. The molecule has 1 aliphatic rings. The fourth-order valence-electron chi connectivity index (χ4n) is 2.80. The first kappa shape index (κ1) is 21.2. The van der Waals surface area contributed by atoms with E-state index >= 15 is 0 Å². The minimum absolute atomic E-state index is 0.0170. The van der Waals surface area contributed by atoms with E-state index in [0.717, 1.165) is 9.26 Å². The second-order valence-electron chi connectivity index (χ2n) is 6.12. The molecule has 0 N–H and O–H groups in total. The van der Waals surface area contributed by atoms with E-state index < -0.39 is 4.92 Å². The average molecular weight is 613 g/mol. The molecule has 0 saturated carbocycles. The highest BCUT2D eigenvalue weighted by molar-refractivity contribution is 14.1. The fourth-order valence-corrected chi connectivity index (χ4v) is 5.00. The van der Waals surface area contributed by atoms with Crippen LogP contribution in [0.2, 0.25) is 0 Å².